The van der Waals surface area contributed by atoms with E-state index in [9.17, 15) is 12.8 Å². The van der Waals surface area contributed by atoms with Gasteiger partial charge in [0.25, 0.3) is 10.0 Å². The van der Waals surface area contributed by atoms with Crippen LogP contribution < -0.4 is 4.31 Å². The lowest BCUT2D eigenvalue weighted by molar-refractivity contribution is 0.534. The first-order valence-corrected chi connectivity index (χ1v) is 10.7. The Morgan fingerprint density at radius 2 is 1.72 bits per heavy atom. The van der Waals surface area contributed by atoms with Crippen LogP contribution in [0.2, 0.25) is 5.02 Å². The van der Waals surface area contributed by atoms with Crippen LogP contribution in [-0.2, 0) is 17.1 Å². The molecule has 1 aromatic heterocycles. The lowest BCUT2D eigenvalue weighted by atomic mass is 10.1. The zero-order valence-electron chi connectivity index (χ0n) is 16.8. The summed E-state index contributed by atoms with van der Waals surface area (Å²) in [7, 11) is -2.26. The number of anilines is 1. The van der Waals surface area contributed by atoms with Crippen LogP contribution in [0.4, 0.5) is 10.1 Å². The topological polar surface area (TPSA) is 68.1 Å². The van der Waals surface area contributed by atoms with Crippen LogP contribution in [0.25, 0.3) is 11.4 Å². The highest BCUT2D eigenvalue weighted by Crippen LogP contribution is 2.40. The fraction of sp³-hybridized carbons (Fsp3) is 0.300. The van der Waals surface area contributed by atoms with E-state index in [-0.39, 0.29) is 15.6 Å². The molecule has 3 rings (SSSR count). The Bertz CT molecular complexity index is 1160. The third kappa shape index (κ3) is 3.86. The van der Waals surface area contributed by atoms with E-state index in [1.54, 1.807) is 57.5 Å². The SMILES string of the molecule is Cc1nnc(-c2cc(Cl)c(F)cc2N(C(C)(C)C)S(=O)(=O)c2ccccc2)n1C. The van der Waals surface area contributed by atoms with Crippen LogP contribution in [0, 0.1) is 12.7 Å². The first kappa shape index (κ1) is 21.3. The van der Waals surface area contributed by atoms with Crippen molar-refractivity contribution >= 4 is 27.3 Å². The number of rotatable bonds is 4. The Labute approximate surface area is 175 Å². The van der Waals surface area contributed by atoms with Crippen LogP contribution in [0.5, 0.6) is 0 Å². The second-order valence-electron chi connectivity index (χ2n) is 7.67. The van der Waals surface area contributed by atoms with E-state index in [1.807, 2.05) is 0 Å². The summed E-state index contributed by atoms with van der Waals surface area (Å²) in [6.07, 6.45) is 0. The van der Waals surface area contributed by atoms with Gasteiger partial charge in [-0.1, -0.05) is 29.8 Å². The van der Waals surface area contributed by atoms with Gasteiger partial charge in [-0.2, -0.15) is 0 Å². The summed E-state index contributed by atoms with van der Waals surface area (Å²) < 4.78 is 44.6. The van der Waals surface area contributed by atoms with E-state index >= 15 is 0 Å². The minimum atomic E-state index is -4.01. The summed E-state index contributed by atoms with van der Waals surface area (Å²) in [5.74, 6) is 0.290. The molecular formula is C20H22ClFN4O2S. The van der Waals surface area contributed by atoms with Crippen LogP contribution in [0.15, 0.2) is 47.4 Å². The van der Waals surface area contributed by atoms with E-state index in [0.29, 0.717) is 17.2 Å². The monoisotopic (exact) mass is 436 g/mol. The number of aryl methyl sites for hydroxylation is 1. The third-order valence-corrected chi connectivity index (χ3v) is 6.86. The predicted molar refractivity (Wildman–Crippen MR) is 112 cm³/mol. The third-order valence-electron chi connectivity index (χ3n) is 4.48. The Morgan fingerprint density at radius 3 is 2.24 bits per heavy atom. The number of aromatic nitrogens is 3. The average Bonchev–Trinajstić information content (AvgIpc) is 2.96. The molecule has 0 spiro atoms. The molecule has 0 radical (unpaired) electrons. The molecule has 0 aliphatic heterocycles. The van der Waals surface area contributed by atoms with Crippen molar-refractivity contribution < 1.29 is 12.8 Å². The number of benzene rings is 2. The summed E-state index contributed by atoms with van der Waals surface area (Å²) >= 11 is 6.04. The zero-order valence-corrected chi connectivity index (χ0v) is 18.4. The van der Waals surface area contributed by atoms with Gasteiger partial charge in [0.15, 0.2) is 5.82 Å². The van der Waals surface area contributed by atoms with E-state index in [0.717, 1.165) is 6.07 Å². The summed E-state index contributed by atoms with van der Waals surface area (Å²) in [4.78, 5) is 0.102. The van der Waals surface area contributed by atoms with Gasteiger partial charge in [-0.3, -0.25) is 4.31 Å². The molecule has 1 heterocycles. The van der Waals surface area contributed by atoms with Crippen molar-refractivity contribution in [3.8, 4) is 11.4 Å². The van der Waals surface area contributed by atoms with Crippen molar-refractivity contribution in [1.29, 1.82) is 0 Å². The number of halogens is 2. The number of sulfonamides is 1. The van der Waals surface area contributed by atoms with Gasteiger partial charge in [-0.15, -0.1) is 10.2 Å². The molecule has 3 aromatic rings. The molecule has 0 unspecified atom stereocenters. The first-order valence-electron chi connectivity index (χ1n) is 8.90. The van der Waals surface area contributed by atoms with Crippen molar-refractivity contribution in [2.45, 2.75) is 38.1 Å². The van der Waals surface area contributed by atoms with Crippen LogP contribution >= 0.6 is 11.6 Å². The molecule has 9 heteroatoms. The molecule has 29 heavy (non-hydrogen) atoms. The Kier molecular flexibility index (Phi) is 5.44. The van der Waals surface area contributed by atoms with Gasteiger partial charge >= 0.3 is 0 Å². The van der Waals surface area contributed by atoms with E-state index in [2.05, 4.69) is 10.2 Å². The molecule has 0 aliphatic rings. The molecule has 0 amide bonds. The largest absolute Gasteiger partial charge is 0.314 e. The fourth-order valence-corrected chi connectivity index (χ4v) is 5.08. The maximum atomic E-state index is 14.5. The maximum absolute atomic E-state index is 14.5. The summed E-state index contributed by atoms with van der Waals surface area (Å²) in [6, 6.07) is 10.5. The van der Waals surface area contributed by atoms with Gasteiger partial charge in [0.05, 0.1) is 15.6 Å². The summed E-state index contributed by atoms with van der Waals surface area (Å²) in [5, 5.41) is 8.05. The molecule has 2 aromatic carbocycles. The van der Waals surface area contributed by atoms with Gasteiger partial charge in [0, 0.05) is 24.2 Å². The smallest absolute Gasteiger partial charge is 0.264 e. The number of hydrogen-bond acceptors (Lipinski definition) is 4. The Morgan fingerprint density at radius 1 is 1.10 bits per heavy atom. The molecule has 0 bridgehead atoms. The second-order valence-corrected chi connectivity index (χ2v) is 9.86. The Hall–Kier alpha value is -2.45. The maximum Gasteiger partial charge on any atom is 0.264 e. The molecule has 154 valence electrons. The van der Waals surface area contributed by atoms with Gasteiger partial charge in [0.1, 0.15) is 11.6 Å². The number of hydrogen-bond donors (Lipinski definition) is 0. The molecule has 0 saturated carbocycles. The normalized spacial score (nSPS) is 12.2. The van der Waals surface area contributed by atoms with Crippen molar-refractivity contribution in [2.24, 2.45) is 7.05 Å². The highest BCUT2D eigenvalue weighted by Gasteiger charge is 2.37. The fourth-order valence-electron chi connectivity index (χ4n) is 3.07. The van der Waals surface area contributed by atoms with E-state index in [4.69, 9.17) is 11.6 Å². The van der Waals surface area contributed by atoms with Crippen molar-refractivity contribution in [1.82, 2.24) is 14.8 Å². The average molecular weight is 437 g/mol. The summed E-state index contributed by atoms with van der Waals surface area (Å²) in [6.45, 7) is 6.99. The standard InChI is InChI=1S/C20H22ClFN4O2S/c1-13-23-24-19(25(13)5)15-11-16(21)17(22)12-18(15)26(20(2,3)4)29(27,28)14-9-7-6-8-10-14/h6-12H,1-5H3. The van der Waals surface area contributed by atoms with Crippen molar-refractivity contribution in [3.05, 3.63) is 59.1 Å². The molecule has 0 fully saturated rings. The number of nitrogens with zero attached hydrogens (tertiary/aromatic N) is 4. The van der Waals surface area contributed by atoms with Crippen molar-refractivity contribution in [3.63, 3.8) is 0 Å². The van der Waals surface area contributed by atoms with Gasteiger partial charge in [-0.25, -0.2) is 12.8 Å². The second kappa shape index (κ2) is 7.42. The zero-order chi connectivity index (χ0) is 21.6. The van der Waals surface area contributed by atoms with Crippen LogP contribution in [0.1, 0.15) is 26.6 Å². The van der Waals surface area contributed by atoms with Gasteiger partial charge in [0.2, 0.25) is 0 Å². The molecule has 6 nitrogen and oxygen atoms in total. The Balaban J connectivity index is 2.36. The molecule has 0 N–H and O–H groups in total. The molecule has 0 atom stereocenters. The quantitative estimate of drug-likeness (QED) is 0.600. The van der Waals surface area contributed by atoms with Crippen LogP contribution in [0.3, 0.4) is 0 Å². The lowest BCUT2D eigenvalue weighted by Gasteiger charge is -2.37. The van der Waals surface area contributed by atoms with E-state index in [1.165, 1.54) is 22.5 Å². The van der Waals surface area contributed by atoms with Gasteiger partial charge in [-0.05, 0) is 45.9 Å². The molecule has 0 saturated heterocycles. The minimum absolute atomic E-state index is 0.102. The highest BCUT2D eigenvalue weighted by atomic mass is 35.5. The van der Waals surface area contributed by atoms with Gasteiger partial charge < -0.3 is 4.57 Å². The molecule has 0 aliphatic carbocycles. The van der Waals surface area contributed by atoms with E-state index < -0.39 is 21.4 Å². The minimum Gasteiger partial charge on any atom is -0.314 e. The van der Waals surface area contributed by atoms with Crippen LogP contribution in [-0.4, -0.2) is 28.7 Å². The first-order chi connectivity index (χ1) is 13.4. The van der Waals surface area contributed by atoms with Crippen molar-refractivity contribution in [2.75, 3.05) is 4.31 Å². The summed E-state index contributed by atoms with van der Waals surface area (Å²) in [5.41, 5.74) is -0.398. The predicted octanol–water partition coefficient (Wildman–Crippen LogP) is 4.58. The lowest BCUT2D eigenvalue weighted by Crippen LogP contribution is -2.46. The molecular weight excluding hydrogens is 415 g/mol. The highest BCUT2D eigenvalue weighted by molar-refractivity contribution is 7.93.